The van der Waals surface area contributed by atoms with E-state index in [1.807, 2.05) is 56.4 Å². The van der Waals surface area contributed by atoms with Crippen LogP contribution in [-0.2, 0) is 0 Å². The molecule has 38 heavy (non-hydrogen) atoms. The summed E-state index contributed by atoms with van der Waals surface area (Å²) < 4.78 is 46.6. The molecule has 1 saturated carbocycles. The van der Waals surface area contributed by atoms with E-state index in [1.54, 1.807) is 30.0 Å². The van der Waals surface area contributed by atoms with Crippen molar-refractivity contribution in [2.24, 2.45) is 0 Å². The maximum Gasteiger partial charge on any atom is 0.390 e. The number of carbonyl (C=O) groups excluding carboxylic acids is 1. The molecule has 0 radical (unpaired) electrons. The zero-order valence-corrected chi connectivity index (χ0v) is 21.4. The molecule has 198 valence electrons. The zero-order chi connectivity index (χ0) is 27.1. The van der Waals surface area contributed by atoms with Crippen LogP contribution in [0, 0.1) is 6.92 Å². The lowest BCUT2D eigenvalue weighted by Crippen LogP contribution is -2.34. The number of pyridine rings is 1. The highest BCUT2D eigenvalue weighted by Gasteiger charge is 2.39. The Bertz CT molecular complexity index is 1510. The van der Waals surface area contributed by atoms with E-state index in [2.05, 4.69) is 15.6 Å². The van der Waals surface area contributed by atoms with Crippen molar-refractivity contribution < 1.29 is 22.7 Å². The monoisotopic (exact) mass is 522 g/mol. The highest BCUT2D eigenvalue weighted by molar-refractivity contribution is 6.00. The summed E-state index contributed by atoms with van der Waals surface area (Å²) in [5, 5.41) is 6.10. The van der Waals surface area contributed by atoms with Crippen LogP contribution < -0.4 is 15.4 Å². The highest BCUT2D eigenvalue weighted by atomic mass is 19.4. The number of halogens is 3. The van der Waals surface area contributed by atoms with Crippen molar-refractivity contribution in [2.75, 3.05) is 19.0 Å². The molecule has 2 heterocycles. The fraction of sp³-hybridized carbons (Fsp3) is 0.310. The van der Waals surface area contributed by atoms with Crippen LogP contribution in [0.2, 0.25) is 0 Å². The summed E-state index contributed by atoms with van der Waals surface area (Å²) in [5.41, 5.74) is 5.11. The molecule has 1 fully saturated rings. The van der Waals surface area contributed by atoms with Gasteiger partial charge in [-0.05, 0) is 49.9 Å². The second kappa shape index (κ2) is 9.70. The fourth-order valence-electron chi connectivity index (χ4n) is 4.66. The largest absolute Gasteiger partial charge is 0.496 e. The molecule has 1 amide bonds. The van der Waals surface area contributed by atoms with Crippen molar-refractivity contribution in [3.63, 3.8) is 0 Å². The molecule has 2 aromatic heterocycles. The number of para-hydroxylation sites is 1. The van der Waals surface area contributed by atoms with E-state index >= 15 is 0 Å². The van der Waals surface area contributed by atoms with Crippen LogP contribution in [0.1, 0.15) is 42.1 Å². The van der Waals surface area contributed by atoms with Crippen molar-refractivity contribution in [1.29, 1.82) is 0 Å². The summed E-state index contributed by atoms with van der Waals surface area (Å²) >= 11 is 0. The van der Waals surface area contributed by atoms with Gasteiger partial charge in [0.2, 0.25) is 0 Å². The number of nitrogens with zero attached hydrogens (tertiary/aromatic N) is 2. The smallest absolute Gasteiger partial charge is 0.390 e. The summed E-state index contributed by atoms with van der Waals surface area (Å²) in [4.78, 5) is 17.4. The average Bonchev–Trinajstić information content (AvgIpc) is 3.40. The first-order valence-electron chi connectivity index (χ1n) is 12.5. The van der Waals surface area contributed by atoms with Crippen LogP contribution in [0.15, 0.2) is 61.1 Å². The molecule has 0 atom stereocenters. The molecule has 1 aliphatic rings. The number of hydrogen-bond donors (Lipinski definition) is 2. The number of alkyl halides is 3. The minimum atomic E-state index is -4.30. The predicted molar refractivity (Wildman–Crippen MR) is 142 cm³/mol. The van der Waals surface area contributed by atoms with E-state index in [4.69, 9.17) is 4.74 Å². The normalized spacial score (nSPS) is 14.4. The number of rotatable bonds is 8. The third-order valence-corrected chi connectivity index (χ3v) is 6.96. The maximum atomic E-state index is 13.1. The predicted octanol–water partition coefficient (Wildman–Crippen LogP) is 6.63. The number of nitrogens with one attached hydrogen (secondary N) is 2. The Balaban J connectivity index is 1.68. The van der Waals surface area contributed by atoms with Crippen LogP contribution in [-0.4, -0.2) is 40.7 Å². The van der Waals surface area contributed by atoms with E-state index in [-0.39, 0.29) is 18.0 Å². The number of amides is 1. The van der Waals surface area contributed by atoms with Crippen molar-refractivity contribution in [3.8, 4) is 28.0 Å². The molecule has 0 bridgehead atoms. The first kappa shape index (κ1) is 25.6. The molecule has 0 unspecified atom stereocenters. The van der Waals surface area contributed by atoms with Crippen LogP contribution in [0.4, 0.5) is 18.9 Å². The molecular weight excluding hydrogens is 493 g/mol. The number of fused-ring (bicyclic) bond motifs is 1. The van der Waals surface area contributed by atoms with Gasteiger partial charge in [0.25, 0.3) is 5.91 Å². The first-order valence-corrected chi connectivity index (χ1v) is 12.5. The van der Waals surface area contributed by atoms with Gasteiger partial charge in [0.15, 0.2) is 5.65 Å². The van der Waals surface area contributed by atoms with Gasteiger partial charge in [-0.25, -0.2) is 4.98 Å². The Morgan fingerprint density at radius 1 is 1.16 bits per heavy atom. The fourth-order valence-corrected chi connectivity index (χ4v) is 4.66. The molecule has 0 aliphatic heterocycles. The summed E-state index contributed by atoms with van der Waals surface area (Å²) in [6, 6.07) is 13.0. The number of benzene rings is 2. The molecule has 9 heteroatoms. The van der Waals surface area contributed by atoms with Gasteiger partial charge in [0, 0.05) is 52.9 Å². The number of anilines is 1. The molecule has 0 saturated heterocycles. The molecule has 2 N–H and O–H groups in total. The van der Waals surface area contributed by atoms with Crippen LogP contribution in [0.25, 0.3) is 27.9 Å². The van der Waals surface area contributed by atoms with Crippen molar-refractivity contribution >= 4 is 17.2 Å². The van der Waals surface area contributed by atoms with Gasteiger partial charge in [0.1, 0.15) is 5.75 Å². The molecule has 2 aromatic carbocycles. The number of imidazole rings is 1. The minimum absolute atomic E-state index is 0.133. The summed E-state index contributed by atoms with van der Waals surface area (Å²) in [5.74, 6) is 0.492. The second-order valence-corrected chi connectivity index (χ2v) is 9.99. The lowest BCUT2D eigenvalue weighted by molar-refractivity contribution is -0.131. The number of hydrogen-bond acceptors (Lipinski definition) is 4. The Kier molecular flexibility index (Phi) is 6.54. The van der Waals surface area contributed by atoms with E-state index in [0.29, 0.717) is 28.2 Å². The quantitative estimate of drug-likeness (QED) is 0.273. The van der Waals surface area contributed by atoms with Gasteiger partial charge in [0.05, 0.1) is 19.2 Å². The first-order chi connectivity index (χ1) is 18.1. The Hall–Kier alpha value is -4.01. The van der Waals surface area contributed by atoms with E-state index in [0.717, 1.165) is 35.1 Å². The Labute approximate surface area is 218 Å². The van der Waals surface area contributed by atoms with E-state index < -0.39 is 12.6 Å². The van der Waals surface area contributed by atoms with Gasteiger partial charge in [-0.15, -0.1) is 0 Å². The molecular formula is C29H29F3N4O2. The zero-order valence-electron chi connectivity index (χ0n) is 21.4. The SMILES string of the molecule is COc1ccccc1-c1cn2ccnc2c(NCCC(F)(F)F)c1-c1ccc(C(=O)NC2(C)CC2)c(C)c1. The second-order valence-electron chi connectivity index (χ2n) is 9.99. The van der Waals surface area contributed by atoms with E-state index in [1.165, 1.54) is 0 Å². The topological polar surface area (TPSA) is 67.7 Å². The molecule has 1 aliphatic carbocycles. The number of aryl methyl sites for hydroxylation is 1. The van der Waals surface area contributed by atoms with Crippen molar-refractivity contribution in [1.82, 2.24) is 14.7 Å². The number of methoxy groups -OCH3 is 1. The molecule has 0 spiro atoms. The Morgan fingerprint density at radius 3 is 2.61 bits per heavy atom. The lowest BCUT2D eigenvalue weighted by atomic mass is 9.92. The van der Waals surface area contributed by atoms with Gasteiger partial charge in [-0.3, -0.25) is 4.79 Å². The lowest BCUT2D eigenvalue weighted by Gasteiger charge is -2.21. The third kappa shape index (κ3) is 5.18. The number of ether oxygens (including phenoxy) is 1. The molecule has 5 rings (SSSR count). The summed E-state index contributed by atoms with van der Waals surface area (Å²) in [6.07, 6.45) is 1.87. The van der Waals surface area contributed by atoms with Crippen molar-refractivity contribution in [2.45, 2.75) is 44.8 Å². The summed E-state index contributed by atoms with van der Waals surface area (Å²) in [7, 11) is 1.58. The van der Waals surface area contributed by atoms with Gasteiger partial charge >= 0.3 is 6.18 Å². The van der Waals surface area contributed by atoms with Crippen LogP contribution in [0.5, 0.6) is 5.75 Å². The highest BCUT2D eigenvalue weighted by Crippen LogP contribution is 2.43. The van der Waals surface area contributed by atoms with Crippen LogP contribution in [0.3, 0.4) is 0 Å². The molecule has 6 nitrogen and oxygen atoms in total. The summed E-state index contributed by atoms with van der Waals surface area (Å²) in [6.45, 7) is 3.57. The molecule has 4 aromatic rings. The standard InChI is InChI=1S/C29H29F3N4O2/c1-18-16-19(8-9-20(18)27(37)35-28(2)10-11-28)24-22(21-6-4-5-7-23(21)38-3)17-36-15-14-34-26(36)25(24)33-13-12-29(30,31)32/h4-9,14-17,33H,10-13H2,1-3H3,(H,35,37). The van der Waals surface area contributed by atoms with Gasteiger partial charge in [-0.2, -0.15) is 13.2 Å². The van der Waals surface area contributed by atoms with Crippen LogP contribution >= 0.6 is 0 Å². The Morgan fingerprint density at radius 2 is 1.92 bits per heavy atom. The van der Waals surface area contributed by atoms with Gasteiger partial charge < -0.3 is 19.8 Å². The maximum absolute atomic E-state index is 13.1. The number of carbonyl (C=O) groups is 1. The number of aromatic nitrogens is 2. The average molecular weight is 523 g/mol. The van der Waals surface area contributed by atoms with Gasteiger partial charge in [-0.1, -0.05) is 30.3 Å². The minimum Gasteiger partial charge on any atom is -0.496 e. The van der Waals surface area contributed by atoms with Crippen molar-refractivity contribution in [3.05, 3.63) is 72.2 Å². The third-order valence-electron chi connectivity index (χ3n) is 6.96. The van der Waals surface area contributed by atoms with E-state index in [9.17, 15) is 18.0 Å².